The van der Waals surface area contributed by atoms with E-state index < -0.39 is 12.2 Å². The number of nitrogens with zero attached hydrogens (tertiary/aromatic N) is 3. The lowest BCUT2D eigenvalue weighted by Gasteiger charge is -2.15. The van der Waals surface area contributed by atoms with Gasteiger partial charge in [-0.15, -0.1) is 0 Å². The van der Waals surface area contributed by atoms with Gasteiger partial charge in [-0.3, -0.25) is 4.68 Å². The zero-order valence-electron chi connectivity index (χ0n) is 8.17. The second-order valence-corrected chi connectivity index (χ2v) is 3.97. The standard InChI is InChI=1S/C8H13F2N3/c1-8(2,3)7-11-6(5(9)10)12-13(7)4/h5H,1-4H3. The number of rotatable bonds is 1. The van der Waals surface area contributed by atoms with E-state index in [4.69, 9.17) is 0 Å². The molecule has 3 nitrogen and oxygen atoms in total. The summed E-state index contributed by atoms with van der Waals surface area (Å²) < 4.78 is 25.8. The van der Waals surface area contributed by atoms with Crippen LogP contribution in [0, 0.1) is 0 Å². The van der Waals surface area contributed by atoms with Crippen molar-refractivity contribution in [3.8, 4) is 0 Å². The number of hydrogen-bond acceptors (Lipinski definition) is 2. The monoisotopic (exact) mass is 189 g/mol. The summed E-state index contributed by atoms with van der Waals surface area (Å²) in [5, 5.41) is 3.63. The number of hydrogen-bond donors (Lipinski definition) is 0. The number of alkyl halides is 2. The predicted molar refractivity (Wildman–Crippen MR) is 44.7 cm³/mol. The molecule has 0 unspecified atom stereocenters. The molecule has 0 spiro atoms. The van der Waals surface area contributed by atoms with E-state index in [2.05, 4.69) is 10.1 Å². The van der Waals surface area contributed by atoms with Crippen LogP contribution in [0.4, 0.5) is 8.78 Å². The molecule has 0 saturated carbocycles. The largest absolute Gasteiger partial charge is 0.299 e. The fraction of sp³-hybridized carbons (Fsp3) is 0.750. The molecule has 0 aliphatic rings. The molecule has 13 heavy (non-hydrogen) atoms. The molecule has 5 heteroatoms. The molecule has 1 aromatic heterocycles. The summed E-state index contributed by atoms with van der Waals surface area (Å²) in [6, 6.07) is 0. The Morgan fingerprint density at radius 2 is 1.85 bits per heavy atom. The highest BCUT2D eigenvalue weighted by atomic mass is 19.3. The second kappa shape index (κ2) is 3.05. The summed E-state index contributed by atoms with van der Waals surface area (Å²) >= 11 is 0. The minimum atomic E-state index is -2.60. The second-order valence-electron chi connectivity index (χ2n) is 3.97. The first-order chi connectivity index (χ1) is 5.82. The summed E-state index contributed by atoms with van der Waals surface area (Å²) in [7, 11) is 1.62. The van der Waals surface area contributed by atoms with Gasteiger partial charge >= 0.3 is 0 Å². The van der Waals surface area contributed by atoms with Gasteiger partial charge in [0.25, 0.3) is 6.43 Å². The van der Waals surface area contributed by atoms with E-state index in [-0.39, 0.29) is 5.41 Å². The van der Waals surface area contributed by atoms with Gasteiger partial charge in [-0.1, -0.05) is 20.8 Å². The highest BCUT2D eigenvalue weighted by Crippen LogP contribution is 2.22. The molecule has 1 aromatic rings. The van der Waals surface area contributed by atoms with E-state index in [0.717, 1.165) is 0 Å². The van der Waals surface area contributed by atoms with Crippen molar-refractivity contribution in [2.45, 2.75) is 32.6 Å². The summed E-state index contributed by atoms with van der Waals surface area (Å²) in [4.78, 5) is 3.78. The maximum atomic E-state index is 12.2. The van der Waals surface area contributed by atoms with Gasteiger partial charge < -0.3 is 0 Å². The van der Waals surface area contributed by atoms with Crippen LogP contribution in [0.3, 0.4) is 0 Å². The first-order valence-corrected chi connectivity index (χ1v) is 4.02. The normalized spacial score (nSPS) is 12.5. The Balaban J connectivity index is 3.11. The van der Waals surface area contributed by atoms with Crippen LogP contribution in [-0.4, -0.2) is 14.8 Å². The third-order valence-electron chi connectivity index (χ3n) is 1.65. The SMILES string of the molecule is Cn1nc(C(F)F)nc1C(C)(C)C. The van der Waals surface area contributed by atoms with Gasteiger partial charge in [-0.2, -0.15) is 5.10 Å². The lowest BCUT2D eigenvalue weighted by atomic mass is 9.96. The van der Waals surface area contributed by atoms with Crippen molar-refractivity contribution in [2.75, 3.05) is 0 Å². The lowest BCUT2D eigenvalue weighted by molar-refractivity contribution is 0.140. The summed E-state index contributed by atoms with van der Waals surface area (Å²) in [6.45, 7) is 5.73. The molecule has 0 radical (unpaired) electrons. The molecule has 0 aromatic carbocycles. The third kappa shape index (κ3) is 2.02. The first kappa shape index (κ1) is 10.1. The van der Waals surface area contributed by atoms with Gasteiger partial charge in [0.1, 0.15) is 5.82 Å². The molecule has 1 rings (SSSR count). The molecule has 1 heterocycles. The van der Waals surface area contributed by atoms with Crippen molar-refractivity contribution < 1.29 is 8.78 Å². The van der Waals surface area contributed by atoms with Gasteiger partial charge in [0.05, 0.1) is 0 Å². The molecule has 0 N–H and O–H groups in total. The highest BCUT2D eigenvalue weighted by molar-refractivity contribution is 5.04. The van der Waals surface area contributed by atoms with Gasteiger partial charge in [-0.25, -0.2) is 13.8 Å². The van der Waals surface area contributed by atoms with Crippen LogP contribution in [0.15, 0.2) is 0 Å². The van der Waals surface area contributed by atoms with Crippen molar-refractivity contribution in [3.05, 3.63) is 11.6 Å². The zero-order valence-corrected chi connectivity index (χ0v) is 8.17. The Labute approximate surface area is 75.8 Å². The van der Waals surface area contributed by atoms with Crippen LogP contribution in [0.5, 0.6) is 0 Å². The summed E-state index contributed by atoms with van der Waals surface area (Å²) in [6.07, 6.45) is -2.60. The third-order valence-corrected chi connectivity index (χ3v) is 1.65. The molecule has 0 aliphatic carbocycles. The van der Waals surface area contributed by atoms with Gasteiger partial charge in [0.15, 0.2) is 0 Å². The molecular weight excluding hydrogens is 176 g/mol. The molecule has 0 saturated heterocycles. The molecule has 0 fully saturated rings. The number of aromatic nitrogens is 3. The maximum absolute atomic E-state index is 12.2. The Kier molecular flexibility index (Phi) is 2.36. The summed E-state index contributed by atoms with van der Waals surface area (Å²) in [5.74, 6) is 0.176. The first-order valence-electron chi connectivity index (χ1n) is 4.02. The smallest absolute Gasteiger partial charge is 0.252 e. The number of halogens is 2. The minimum absolute atomic E-state index is 0.255. The Hall–Kier alpha value is -1.00. The van der Waals surface area contributed by atoms with Gasteiger partial charge in [0.2, 0.25) is 5.82 Å². The Morgan fingerprint density at radius 3 is 2.08 bits per heavy atom. The highest BCUT2D eigenvalue weighted by Gasteiger charge is 2.24. The van der Waals surface area contributed by atoms with E-state index in [0.29, 0.717) is 5.82 Å². The van der Waals surface area contributed by atoms with Crippen molar-refractivity contribution in [3.63, 3.8) is 0 Å². The van der Waals surface area contributed by atoms with Crippen molar-refractivity contribution >= 4 is 0 Å². The predicted octanol–water partition coefficient (Wildman–Crippen LogP) is 2.05. The quantitative estimate of drug-likeness (QED) is 0.677. The molecular formula is C8H13F2N3. The van der Waals surface area contributed by atoms with E-state index >= 15 is 0 Å². The molecule has 0 aliphatic heterocycles. The van der Waals surface area contributed by atoms with E-state index in [9.17, 15) is 8.78 Å². The Morgan fingerprint density at radius 1 is 1.31 bits per heavy atom. The van der Waals surface area contributed by atoms with Gasteiger partial charge in [0, 0.05) is 12.5 Å². The van der Waals surface area contributed by atoms with Crippen molar-refractivity contribution in [2.24, 2.45) is 7.05 Å². The zero-order chi connectivity index (χ0) is 10.2. The van der Waals surface area contributed by atoms with Crippen LogP contribution in [0.2, 0.25) is 0 Å². The molecule has 74 valence electrons. The minimum Gasteiger partial charge on any atom is -0.252 e. The van der Waals surface area contributed by atoms with E-state index in [1.165, 1.54) is 4.68 Å². The average Bonchev–Trinajstić information content (AvgIpc) is 2.29. The number of aryl methyl sites for hydroxylation is 1. The van der Waals surface area contributed by atoms with Crippen LogP contribution in [0.25, 0.3) is 0 Å². The van der Waals surface area contributed by atoms with Crippen LogP contribution >= 0.6 is 0 Å². The van der Waals surface area contributed by atoms with Crippen LogP contribution in [-0.2, 0) is 12.5 Å². The van der Waals surface area contributed by atoms with Crippen molar-refractivity contribution in [1.29, 1.82) is 0 Å². The topological polar surface area (TPSA) is 30.7 Å². The fourth-order valence-corrected chi connectivity index (χ4v) is 1.15. The van der Waals surface area contributed by atoms with Gasteiger partial charge in [-0.05, 0) is 0 Å². The Bertz CT molecular complexity index is 299. The van der Waals surface area contributed by atoms with Crippen molar-refractivity contribution in [1.82, 2.24) is 14.8 Å². The summed E-state index contributed by atoms with van der Waals surface area (Å²) in [5.41, 5.74) is -0.255. The van der Waals surface area contributed by atoms with Crippen LogP contribution < -0.4 is 0 Å². The van der Waals surface area contributed by atoms with Crippen LogP contribution in [0.1, 0.15) is 38.8 Å². The maximum Gasteiger partial charge on any atom is 0.299 e. The lowest BCUT2D eigenvalue weighted by Crippen LogP contribution is -2.17. The molecule has 0 atom stereocenters. The average molecular weight is 189 g/mol. The molecule has 0 amide bonds. The molecule has 0 bridgehead atoms. The van der Waals surface area contributed by atoms with E-state index in [1.54, 1.807) is 7.05 Å². The van der Waals surface area contributed by atoms with E-state index in [1.807, 2.05) is 20.8 Å². The fourth-order valence-electron chi connectivity index (χ4n) is 1.15.